The van der Waals surface area contributed by atoms with Crippen LogP contribution < -0.4 is 10.4 Å². The monoisotopic (exact) mass is 414 g/mol. The SMILES string of the molecule is COC(=O)c1c(-c2cc(C)ccc2C)csc1NC(=O)[C@H]1CCCC[C@@H]1C(=O)[O-]. The van der Waals surface area contributed by atoms with Crippen molar-refractivity contribution in [2.75, 3.05) is 12.4 Å². The van der Waals surface area contributed by atoms with Crippen molar-refractivity contribution in [2.45, 2.75) is 39.5 Å². The topological polar surface area (TPSA) is 95.5 Å². The molecule has 2 aromatic rings. The zero-order valence-corrected chi connectivity index (χ0v) is 17.6. The number of thiophene rings is 1. The van der Waals surface area contributed by atoms with Crippen LogP contribution in [0.1, 0.15) is 47.2 Å². The highest BCUT2D eigenvalue weighted by Crippen LogP contribution is 2.39. The zero-order chi connectivity index (χ0) is 21.1. The van der Waals surface area contributed by atoms with Crippen molar-refractivity contribution in [2.24, 2.45) is 11.8 Å². The van der Waals surface area contributed by atoms with Crippen LogP contribution >= 0.6 is 11.3 Å². The number of rotatable bonds is 5. The van der Waals surface area contributed by atoms with E-state index in [0.29, 0.717) is 29.0 Å². The Balaban J connectivity index is 1.97. The third-order valence-electron chi connectivity index (χ3n) is 5.51. The molecule has 1 aliphatic rings. The van der Waals surface area contributed by atoms with Crippen LogP contribution in [0.15, 0.2) is 23.6 Å². The Morgan fingerprint density at radius 3 is 2.45 bits per heavy atom. The lowest BCUT2D eigenvalue weighted by atomic mass is 9.78. The van der Waals surface area contributed by atoms with Gasteiger partial charge in [-0.1, -0.05) is 36.6 Å². The third-order valence-corrected chi connectivity index (χ3v) is 6.40. The molecule has 1 heterocycles. The van der Waals surface area contributed by atoms with Gasteiger partial charge in [0.1, 0.15) is 10.6 Å². The Bertz CT molecular complexity index is 949. The maximum Gasteiger partial charge on any atom is 0.341 e. The van der Waals surface area contributed by atoms with E-state index in [1.54, 1.807) is 0 Å². The van der Waals surface area contributed by atoms with Crippen molar-refractivity contribution in [1.82, 2.24) is 0 Å². The predicted molar refractivity (Wildman–Crippen MR) is 110 cm³/mol. The second-order valence-electron chi connectivity index (χ2n) is 7.47. The molecule has 29 heavy (non-hydrogen) atoms. The maximum absolute atomic E-state index is 12.9. The number of carbonyl (C=O) groups is 3. The van der Waals surface area contributed by atoms with Crippen LogP contribution in [-0.4, -0.2) is 25.0 Å². The largest absolute Gasteiger partial charge is 0.550 e. The lowest BCUT2D eigenvalue weighted by Crippen LogP contribution is -2.42. The molecule has 0 saturated heterocycles. The molecule has 1 aliphatic carbocycles. The molecule has 0 radical (unpaired) electrons. The van der Waals surface area contributed by atoms with Gasteiger partial charge < -0.3 is 20.0 Å². The fourth-order valence-corrected chi connectivity index (χ4v) is 4.86. The molecule has 1 aromatic carbocycles. The van der Waals surface area contributed by atoms with Gasteiger partial charge in [0.25, 0.3) is 0 Å². The molecule has 3 rings (SSSR count). The summed E-state index contributed by atoms with van der Waals surface area (Å²) in [5.74, 6) is -3.59. The fraction of sp³-hybridized carbons (Fsp3) is 0.409. The Labute approximate surface area is 173 Å². The fourth-order valence-electron chi connectivity index (χ4n) is 3.91. The minimum absolute atomic E-state index is 0.292. The van der Waals surface area contributed by atoms with E-state index in [1.807, 2.05) is 37.4 Å². The van der Waals surface area contributed by atoms with E-state index in [-0.39, 0.29) is 0 Å². The van der Waals surface area contributed by atoms with Gasteiger partial charge >= 0.3 is 5.97 Å². The smallest absolute Gasteiger partial charge is 0.341 e. The first-order valence-corrected chi connectivity index (χ1v) is 10.5. The van der Waals surface area contributed by atoms with Gasteiger partial charge in [0, 0.05) is 28.7 Å². The molecule has 7 heteroatoms. The van der Waals surface area contributed by atoms with Crippen LogP contribution in [0.3, 0.4) is 0 Å². The molecule has 1 amide bonds. The van der Waals surface area contributed by atoms with E-state index in [1.165, 1.54) is 18.4 Å². The summed E-state index contributed by atoms with van der Waals surface area (Å²) in [7, 11) is 1.30. The number of methoxy groups -OCH3 is 1. The molecular weight excluding hydrogens is 390 g/mol. The Kier molecular flexibility index (Phi) is 6.37. The molecule has 1 N–H and O–H groups in total. The molecule has 1 saturated carbocycles. The molecule has 0 unspecified atom stereocenters. The standard InChI is InChI=1S/C22H25NO5S/c1-12-8-9-13(2)16(10-12)17-11-29-20(18(17)22(27)28-3)23-19(24)14-6-4-5-7-15(14)21(25)26/h8-11,14-15H,4-7H2,1-3H3,(H,23,24)(H,25,26)/p-1/t14-,15-/m0/s1. The van der Waals surface area contributed by atoms with Crippen LogP contribution in [0, 0.1) is 25.7 Å². The van der Waals surface area contributed by atoms with Gasteiger partial charge in [-0.25, -0.2) is 4.79 Å². The van der Waals surface area contributed by atoms with E-state index in [4.69, 9.17) is 4.74 Å². The average molecular weight is 415 g/mol. The summed E-state index contributed by atoms with van der Waals surface area (Å²) in [6, 6.07) is 5.96. The first-order chi connectivity index (χ1) is 13.8. The lowest BCUT2D eigenvalue weighted by molar-refractivity contribution is -0.313. The Morgan fingerprint density at radius 1 is 1.10 bits per heavy atom. The summed E-state index contributed by atoms with van der Waals surface area (Å²) in [6.07, 6.45) is 2.49. The van der Waals surface area contributed by atoms with Gasteiger partial charge in [-0.2, -0.15) is 0 Å². The first kappa shape index (κ1) is 21.0. The molecule has 2 atom stereocenters. The molecule has 1 fully saturated rings. The van der Waals surface area contributed by atoms with Crippen molar-refractivity contribution in [3.63, 3.8) is 0 Å². The zero-order valence-electron chi connectivity index (χ0n) is 16.7. The first-order valence-electron chi connectivity index (χ1n) is 9.62. The van der Waals surface area contributed by atoms with Crippen LogP contribution in [0.4, 0.5) is 5.00 Å². The second kappa shape index (κ2) is 8.78. The van der Waals surface area contributed by atoms with E-state index in [9.17, 15) is 19.5 Å². The highest BCUT2D eigenvalue weighted by atomic mass is 32.1. The van der Waals surface area contributed by atoms with Gasteiger partial charge in [-0.3, -0.25) is 4.79 Å². The number of esters is 1. The highest BCUT2D eigenvalue weighted by Gasteiger charge is 2.33. The summed E-state index contributed by atoms with van der Waals surface area (Å²) < 4.78 is 4.97. The number of carboxylic acid groups (broad SMARTS) is 1. The molecule has 0 aliphatic heterocycles. The highest BCUT2D eigenvalue weighted by molar-refractivity contribution is 7.15. The third kappa shape index (κ3) is 4.34. The number of nitrogens with one attached hydrogen (secondary N) is 1. The number of aliphatic carboxylic acids is 1. The predicted octanol–water partition coefficient (Wildman–Crippen LogP) is 3.31. The number of ether oxygens (including phenoxy) is 1. The van der Waals surface area contributed by atoms with Gasteiger partial charge in [0.2, 0.25) is 5.91 Å². The van der Waals surface area contributed by atoms with Gasteiger partial charge in [0.15, 0.2) is 0 Å². The number of carbonyl (C=O) groups excluding carboxylic acids is 3. The van der Waals surface area contributed by atoms with Crippen molar-refractivity contribution < 1.29 is 24.2 Å². The number of carboxylic acids is 1. The van der Waals surface area contributed by atoms with E-state index >= 15 is 0 Å². The second-order valence-corrected chi connectivity index (χ2v) is 8.35. The number of hydrogen-bond acceptors (Lipinski definition) is 6. The van der Waals surface area contributed by atoms with Crippen LogP contribution in [0.25, 0.3) is 11.1 Å². The van der Waals surface area contributed by atoms with E-state index in [0.717, 1.165) is 29.5 Å². The summed E-state index contributed by atoms with van der Waals surface area (Å²) in [6.45, 7) is 3.93. The summed E-state index contributed by atoms with van der Waals surface area (Å²) >= 11 is 1.24. The van der Waals surface area contributed by atoms with Gasteiger partial charge in [-0.05, 0) is 37.8 Å². The number of aryl methyl sites for hydroxylation is 2. The minimum Gasteiger partial charge on any atom is -0.550 e. The van der Waals surface area contributed by atoms with Crippen molar-refractivity contribution >= 4 is 34.2 Å². The number of benzene rings is 1. The maximum atomic E-state index is 12.9. The molecule has 6 nitrogen and oxygen atoms in total. The lowest BCUT2D eigenvalue weighted by Gasteiger charge is -2.31. The summed E-state index contributed by atoms with van der Waals surface area (Å²) in [5, 5.41) is 16.4. The number of anilines is 1. The van der Waals surface area contributed by atoms with Crippen LogP contribution in [0.2, 0.25) is 0 Å². The van der Waals surface area contributed by atoms with E-state index < -0.39 is 29.7 Å². The Hall–Kier alpha value is -2.67. The van der Waals surface area contributed by atoms with Gasteiger partial charge in [0.05, 0.1) is 7.11 Å². The minimum atomic E-state index is -1.19. The molecule has 0 spiro atoms. The number of hydrogen-bond donors (Lipinski definition) is 1. The average Bonchev–Trinajstić information content (AvgIpc) is 3.12. The van der Waals surface area contributed by atoms with Crippen molar-refractivity contribution in [1.29, 1.82) is 0 Å². The Morgan fingerprint density at radius 2 is 1.79 bits per heavy atom. The van der Waals surface area contributed by atoms with Crippen LogP contribution in [-0.2, 0) is 14.3 Å². The number of amides is 1. The summed E-state index contributed by atoms with van der Waals surface area (Å²) in [4.78, 5) is 36.8. The van der Waals surface area contributed by atoms with Crippen molar-refractivity contribution in [3.8, 4) is 11.1 Å². The van der Waals surface area contributed by atoms with E-state index in [2.05, 4.69) is 5.32 Å². The quantitative estimate of drug-likeness (QED) is 0.758. The molecular formula is C22H24NO5S-. The molecule has 0 bridgehead atoms. The normalized spacial score (nSPS) is 18.9. The summed E-state index contributed by atoms with van der Waals surface area (Å²) in [5.41, 5.74) is 3.93. The van der Waals surface area contributed by atoms with Crippen molar-refractivity contribution in [3.05, 3.63) is 40.3 Å². The molecule has 1 aromatic heterocycles. The van der Waals surface area contributed by atoms with Crippen LogP contribution in [0.5, 0.6) is 0 Å². The van der Waals surface area contributed by atoms with Gasteiger partial charge in [-0.15, -0.1) is 11.3 Å². The molecule has 154 valence electrons.